The van der Waals surface area contributed by atoms with Gasteiger partial charge in [0.05, 0.1) is 17.7 Å². The van der Waals surface area contributed by atoms with Gasteiger partial charge in [0, 0.05) is 20.9 Å². The lowest BCUT2D eigenvalue weighted by atomic mass is 10.1. The van der Waals surface area contributed by atoms with Gasteiger partial charge < -0.3 is 19.4 Å². The van der Waals surface area contributed by atoms with Crippen molar-refractivity contribution in [3.05, 3.63) is 56.2 Å². The summed E-state index contributed by atoms with van der Waals surface area (Å²) in [5, 5.41) is 14.6. The second kappa shape index (κ2) is 6.71. The molecule has 2 N–H and O–H groups in total. The van der Waals surface area contributed by atoms with Crippen LogP contribution in [0.1, 0.15) is 0 Å². The second-order valence-electron chi connectivity index (χ2n) is 5.68. The van der Waals surface area contributed by atoms with Crippen LogP contribution in [0.3, 0.4) is 0 Å². The Kier molecular flexibility index (Phi) is 4.37. The van der Waals surface area contributed by atoms with Gasteiger partial charge in [-0.15, -0.1) is 0 Å². The molecule has 4 rings (SSSR count). The number of nitrogens with zero attached hydrogens (tertiary/aromatic N) is 2. The highest BCUT2D eigenvalue weighted by Gasteiger charge is 2.17. The van der Waals surface area contributed by atoms with Crippen molar-refractivity contribution in [1.82, 2.24) is 15.1 Å². The van der Waals surface area contributed by atoms with Crippen LogP contribution in [0.2, 0.25) is 5.02 Å². The van der Waals surface area contributed by atoms with Gasteiger partial charge in [-0.1, -0.05) is 32.7 Å². The van der Waals surface area contributed by atoms with Crippen molar-refractivity contribution in [2.45, 2.75) is 0 Å². The summed E-state index contributed by atoms with van der Waals surface area (Å²) in [5.41, 5.74) is 1.09. The first-order chi connectivity index (χ1) is 13.0. The van der Waals surface area contributed by atoms with Gasteiger partial charge in [-0.2, -0.15) is 4.98 Å². The van der Waals surface area contributed by atoms with Gasteiger partial charge >= 0.3 is 0 Å². The van der Waals surface area contributed by atoms with Gasteiger partial charge in [-0.3, -0.25) is 4.79 Å². The fourth-order valence-electron chi connectivity index (χ4n) is 2.65. The first-order valence-electron chi connectivity index (χ1n) is 7.70. The molecule has 136 valence electrons. The fraction of sp³-hybridized carbons (Fsp3) is 0.0556. The average molecular weight is 449 g/mol. The van der Waals surface area contributed by atoms with Crippen LogP contribution in [0.4, 0.5) is 0 Å². The van der Waals surface area contributed by atoms with Gasteiger partial charge in [0.1, 0.15) is 0 Å². The number of H-pyrrole nitrogens is 1. The number of aromatic amines is 1. The second-order valence-corrected chi connectivity index (χ2v) is 7.00. The number of aromatic nitrogens is 3. The van der Waals surface area contributed by atoms with Gasteiger partial charge in [0.15, 0.2) is 11.5 Å². The van der Waals surface area contributed by atoms with Crippen molar-refractivity contribution in [1.29, 1.82) is 0 Å². The van der Waals surface area contributed by atoms with Gasteiger partial charge in [0.25, 0.3) is 11.4 Å². The maximum Gasteiger partial charge on any atom is 0.259 e. The number of nitrogens with one attached hydrogen (secondary N) is 1. The quantitative estimate of drug-likeness (QED) is 0.482. The molecular weight excluding hydrogens is 438 g/mol. The van der Waals surface area contributed by atoms with E-state index in [2.05, 4.69) is 31.1 Å². The van der Waals surface area contributed by atoms with Gasteiger partial charge in [-0.05, 0) is 36.4 Å². The third kappa shape index (κ3) is 3.17. The molecule has 2 aromatic heterocycles. The normalized spacial score (nSPS) is 11.1. The number of phenolic OH excluding ortho intramolecular Hbond substituents is 1. The van der Waals surface area contributed by atoms with E-state index in [1.807, 2.05) is 12.1 Å². The predicted molar refractivity (Wildman–Crippen MR) is 104 cm³/mol. The number of benzene rings is 2. The molecule has 9 heteroatoms. The third-order valence-corrected chi connectivity index (χ3v) is 4.75. The summed E-state index contributed by atoms with van der Waals surface area (Å²) in [7, 11) is 1.40. The molecule has 2 aromatic carbocycles. The minimum Gasteiger partial charge on any atom is -0.503 e. The number of hydrogen-bond donors (Lipinski definition) is 2. The number of methoxy groups -OCH3 is 1. The number of ether oxygens (including phenoxy) is 1. The van der Waals surface area contributed by atoms with Crippen LogP contribution in [0.5, 0.6) is 11.5 Å². The van der Waals surface area contributed by atoms with E-state index in [-0.39, 0.29) is 39.4 Å². The van der Waals surface area contributed by atoms with Gasteiger partial charge in [-0.25, -0.2) is 0 Å². The number of aromatic hydroxyl groups is 1. The van der Waals surface area contributed by atoms with Crippen molar-refractivity contribution in [2.24, 2.45) is 0 Å². The zero-order valence-corrected chi connectivity index (χ0v) is 16.1. The zero-order valence-electron chi connectivity index (χ0n) is 13.8. The van der Waals surface area contributed by atoms with Crippen LogP contribution in [0.15, 0.2) is 50.2 Å². The fourth-order valence-corrected chi connectivity index (χ4v) is 3.24. The SMILES string of the molecule is COc1cc(-c2nc(-c3cc4cc(Br)ccc4[nH]c3=O)no2)cc(Cl)c1O. The van der Waals surface area contributed by atoms with Crippen molar-refractivity contribution < 1.29 is 14.4 Å². The summed E-state index contributed by atoms with van der Waals surface area (Å²) in [4.78, 5) is 19.5. The molecular formula is C18H11BrClN3O4. The molecule has 0 saturated heterocycles. The number of pyridine rings is 1. The summed E-state index contributed by atoms with van der Waals surface area (Å²) in [6.07, 6.45) is 0. The van der Waals surface area contributed by atoms with E-state index < -0.39 is 0 Å². The van der Waals surface area contributed by atoms with Crippen LogP contribution < -0.4 is 10.3 Å². The number of rotatable bonds is 3. The largest absolute Gasteiger partial charge is 0.503 e. The molecule has 0 aliphatic carbocycles. The van der Waals surface area contributed by atoms with Crippen molar-refractivity contribution in [2.75, 3.05) is 7.11 Å². The van der Waals surface area contributed by atoms with E-state index in [4.69, 9.17) is 20.9 Å². The maximum absolute atomic E-state index is 12.4. The molecule has 2 heterocycles. The lowest BCUT2D eigenvalue weighted by molar-refractivity contribution is 0.373. The van der Waals surface area contributed by atoms with E-state index in [1.54, 1.807) is 12.1 Å². The molecule has 27 heavy (non-hydrogen) atoms. The molecule has 0 radical (unpaired) electrons. The molecule has 0 fully saturated rings. The predicted octanol–water partition coefficient (Wildman–Crippen LogP) is 4.38. The first-order valence-corrected chi connectivity index (χ1v) is 8.87. The van der Waals surface area contributed by atoms with Crippen LogP contribution in [0, 0.1) is 0 Å². The Balaban J connectivity index is 1.81. The number of halogens is 2. The highest BCUT2D eigenvalue weighted by molar-refractivity contribution is 9.10. The average Bonchev–Trinajstić information content (AvgIpc) is 3.13. The summed E-state index contributed by atoms with van der Waals surface area (Å²) >= 11 is 9.40. The number of fused-ring (bicyclic) bond motifs is 1. The van der Waals surface area contributed by atoms with Crippen LogP contribution in [0.25, 0.3) is 33.7 Å². The molecule has 0 saturated carbocycles. The molecule has 0 bridgehead atoms. The molecule has 0 unspecified atom stereocenters. The lowest BCUT2D eigenvalue weighted by Crippen LogP contribution is -2.09. The lowest BCUT2D eigenvalue weighted by Gasteiger charge is -2.06. The molecule has 0 aliphatic heterocycles. The molecule has 7 nitrogen and oxygen atoms in total. The minimum absolute atomic E-state index is 0.0810. The first kappa shape index (κ1) is 17.6. The highest BCUT2D eigenvalue weighted by atomic mass is 79.9. The van der Waals surface area contributed by atoms with Gasteiger partial charge in [0.2, 0.25) is 5.82 Å². The monoisotopic (exact) mass is 447 g/mol. The Morgan fingerprint density at radius 3 is 2.85 bits per heavy atom. The molecule has 0 amide bonds. The summed E-state index contributed by atoms with van der Waals surface area (Å²) in [5.74, 6) is 0.264. The highest BCUT2D eigenvalue weighted by Crippen LogP contribution is 2.38. The van der Waals surface area contributed by atoms with E-state index in [0.29, 0.717) is 11.1 Å². The smallest absolute Gasteiger partial charge is 0.259 e. The summed E-state index contributed by atoms with van der Waals surface area (Å²) in [6, 6.07) is 10.2. The van der Waals surface area contributed by atoms with Crippen molar-refractivity contribution in [3.63, 3.8) is 0 Å². The molecule has 0 atom stereocenters. The molecule has 4 aromatic rings. The van der Waals surface area contributed by atoms with E-state index in [0.717, 1.165) is 9.86 Å². The number of phenols is 1. The maximum atomic E-state index is 12.4. The van der Waals surface area contributed by atoms with E-state index in [9.17, 15) is 9.90 Å². The van der Waals surface area contributed by atoms with Crippen molar-refractivity contribution >= 4 is 38.4 Å². The van der Waals surface area contributed by atoms with Crippen LogP contribution in [-0.4, -0.2) is 27.3 Å². The molecule has 0 aliphatic rings. The van der Waals surface area contributed by atoms with Crippen molar-refractivity contribution in [3.8, 4) is 34.3 Å². The Labute approximate surface area is 165 Å². The van der Waals surface area contributed by atoms with Crippen LogP contribution in [-0.2, 0) is 0 Å². The van der Waals surface area contributed by atoms with E-state index >= 15 is 0 Å². The van der Waals surface area contributed by atoms with E-state index in [1.165, 1.54) is 19.2 Å². The third-order valence-electron chi connectivity index (χ3n) is 3.97. The molecule has 0 spiro atoms. The topological polar surface area (TPSA) is 101 Å². The zero-order chi connectivity index (χ0) is 19.1. The minimum atomic E-state index is -0.335. The Hall–Kier alpha value is -2.84. The Morgan fingerprint density at radius 1 is 1.26 bits per heavy atom. The summed E-state index contributed by atoms with van der Waals surface area (Å²) in [6.45, 7) is 0. The summed E-state index contributed by atoms with van der Waals surface area (Å²) < 4.78 is 11.2. The van der Waals surface area contributed by atoms with Crippen LogP contribution >= 0.6 is 27.5 Å². The Bertz CT molecular complexity index is 1240. The number of hydrogen-bond acceptors (Lipinski definition) is 6. The standard InChI is InChI=1S/C18H11BrClN3O4/c1-26-14-7-9(6-12(20)15(14)24)18-22-16(23-27-18)11-5-8-4-10(19)2-3-13(8)21-17(11)25/h2-7,24H,1H3,(H,21,25). The Morgan fingerprint density at radius 2 is 2.07 bits per heavy atom.